The van der Waals surface area contributed by atoms with E-state index in [1.807, 2.05) is 36.9 Å². The van der Waals surface area contributed by atoms with E-state index in [0.29, 0.717) is 85.7 Å². The largest absolute Gasteiger partial charge is 0.368 e. The highest BCUT2D eigenvalue weighted by Crippen LogP contribution is 2.35. The van der Waals surface area contributed by atoms with Crippen LogP contribution in [0.5, 0.6) is 0 Å². The number of hydrogen-bond acceptors (Lipinski definition) is 12. The number of hydrogen-bond donors (Lipinski definition) is 3. The number of piperidine rings is 1. The van der Waals surface area contributed by atoms with Crippen LogP contribution < -0.4 is 20.9 Å². The Morgan fingerprint density at radius 2 is 1.77 bits per heavy atom. The Balaban J connectivity index is 0.733. The lowest BCUT2D eigenvalue weighted by molar-refractivity contribution is -0.138. The first-order valence-electron chi connectivity index (χ1n) is 20.7. The van der Waals surface area contributed by atoms with Gasteiger partial charge in [-0.3, -0.25) is 24.5 Å². The zero-order chi connectivity index (χ0) is 42.4. The Kier molecular flexibility index (Phi) is 10.9. The maximum Gasteiger partial charge on any atom is 0.323 e. The van der Waals surface area contributed by atoms with E-state index in [4.69, 9.17) is 16.1 Å². The fourth-order valence-electron chi connectivity index (χ4n) is 8.99. The number of nitrogens with one attached hydrogen (secondary N) is 3. The minimum Gasteiger partial charge on any atom is -0.368 e. The topological polar surface area (TPSA) is 213 Å². The molecule has 3 aliphatic heterocycles. The van der Waals surface area contributed by atoms with Gasteiger partial charge in [-0.2, -0.15) is 10.1 Å². The molecule has 19 heteroatoms. The number of urea groups is 1. The minimum atomic E-state index is -0.647. The predicted octanol–water partition coefficient (Wildman–Crippen LogP) is 5.05. The Bertz CT molecular complexity index is 2540. The average molecular weight is 849 g/mol. The van der Waals surface area contributed by atoms with Crippen molar-refractivity contribution in [2.45, 2.75) is 77.3 Å². The van der Waals surface area contributed by atoms with E-state index in [9.17, 15) is 24.0 Å². The van der Waals surface area contributed by atoms with Crippen molar-refractivity contribution in [3.8, 4) is 11.5 Å². The maximum atomic E-state index is 13.6. The standard InChI is InChI=1S/C42H45ClN12O6/c1-23(2)37-31(21-44-33-11-12-46-55(33)37)48-42(60)47-27-19-30(43)36(45-20-27)38-50-35(61-51-38)17-24-3-5-25(6-4-24)40(58)53-15-13-52(14-16-53)28-7-8-29-26(18-28)22-54(41(29)59)32-9-10-34(56)49-39(32)57/h7-8,11-12,18-21,23-25,32H,3-6,9-10,13-17,22H2,1-2H3,(H2,47,48,60)(H,49,56,57). The number of piperazine rings is 1. The molecule has 7 heterocycles. The number of amides is 6. The third-order valence-electron chi connectivity index (χ3n) is 12.1. The van der Waals surface area contributed by atoms with Crippen LogP contribution in [0.1, 0.15) is 85.8 Å². The molecule has 1 atom stereocenters. The van der Waals surface area contributed by atoms with Crippen molar-refractivity contribution in [3.63, 3.8) is 0 Å². The van der Waals surface area contributed by atoms with Crippen LogP contribution in [0.25, 0.3) is 17.2 Å². The molecule has 18 nitrogen and oxygen atoms in total. The summed E-state index contributed by atoms with van der Waals surface area (Å²) in [4.78, 5) is 82.9. The fraction of sp³-hybridized carbons (Fsp3) is 0.429. The van der Waals surface area contributed by atoms with Gasteiger partial charge in [-0.1, -0.05) is 30.6 Å². The summed E-state index contributed by atoms with van der Waals surface area (Å²) in [5.41, 5.74) is 5.18. The van der Waals surface area contributed by atoms with Gasteiger partial charge in [-0.05, 0) is 73.8 Å². The van der Waals surface area contributed by atoms with Gasteiger partial charge in [0.25, 0.3) is 5.91 Å². The number of carbonyl (C=O) groups is 5. The second-order valence-corrected chi connectivity index (χ2v) is 16.8. The number of rotatable bonds is 9. The van der Waals surface area contributed by atoms with Crippen LogP contribution in [0.4, 0.5) is 21.9 Å². The highest BCUT2D eigenvalue weighted by molar-refractivity contribution is 6.33. The predicted molar refractivity (Wildman–Crippen MR) is 223 cm³/mol. The van der Waals surface area contributed by atoms with E-state index in [2.05, 4.69) is 46.1 Å². The number of benzene rings is 1. The fourth-order valence-corrected chi connectivity index (χ4v) is 9.24. The van der Waals surface area contributed by atoms with Gasteiger partial charge < -0.3 is 29.9 Å². The molecule has 4 aliphatic rings. The quantitative estimate of drug-likeness (QED) is 0.166. The number of fused-ring (bicyclic) bond motifs is 2. The second kappa shape index (κ2) is 16.6. The van der Waals surface area contributed by atoms with Crippen LogP contribution in [-0.2, 0) is 27.3 Å². The molecular weight excluding hydrogens is 804 g/mol. The Morgan fingerprint density at radius 3 is 2.52 bits per heavy atom. The van der Waals surface area contributed by atoms with Gasteiger partial charge in [-0.25, -0.2) is 19.3 Å². The van der Waals surface area contributed by atoms with E-state index < -0.39 is 18.0 Å². The highest BCUT2D eigenvalue weighted by Gasteiger charge is 2.39. The summed E-state index contributed by atoms with van der Waals surface area (Å²) < 4.78 is 7.31. The Hall–Kier alpha value is -6.43. The molecule has 6 amide bonds. The number of halogens is 1. The van der Waals surface area contributed by atoms with Gasteiger partial charge in [0.05, 0.1) is 40.7 Å². The number of anilines is 3. The van der Waals surface area contributed by atoms with Gasteiger partial charge in [-0.15, -0.1) is 0 Å². The minimum absolute atomic E-state index is 0.0310. The molecule has 3 fully saturated rings. The zero-order valence-electron chi connectivity index (χ0n) is 33.8. The third-order valence-corrected chi connectivity index (χ3v) is 12.4. The molecule has 4 aromatic heterocycles. The van der Waals surface area contributed by atoms with Crippen molar-refractivity contribution >= 4 is 64.0 Å². The van der Waals surface area contributed by atoms with E-state index in [0.717, 1.165) is 42.6 Å². The van der Waals surface area contributed by atoms with Crippen LogP contribution >= 0.6 is 11.6 Å². The number of pyridine rings is 1. The smallest absolute Gasteiger partial charge is 0.323 e. The lowest BCUT2D eigenvalue weighted by atomic mass is 9.80. The van der Waals surface area contributed by atoms with E-state index in [-0.39, 0.29) is 46.8 Å². The summed E-state index contributed by atoms with van der Waals surface area (Å²) in [6.07, 6.45) is 9.18. The molecule has 61 heavy (non-hydrogen) atoms. The molecule has 5 aromatic rings. The molecule has 3 N–H and O–H groups in total. The highest BCUT2D eigenvalue weighted by atomic mass is 35.5. The van der Waals surface area contributed by atoms with Gasteiger partial charge in [0.1, 0.15) is 11.7 Å². The van der Waals surface area contributed by atoms with Crippen LogP contribution in [-0.4, -0.2) is 101 Å². The summed E-state index contributed by atoms with van der Waals surface area (Å²) in [5, 5.41) is 16.7. The third kappa shape index (κ3) is 8.11. The second-order valence-electron chi connectivity index (χ2n) is 16.4. The summed E-state index contributed by atoms with van der Waals surface area (Å²) in [5.74, 6) is 0.335. The van der Waals surface area contributed by atoms with Crippen molar-refractivity contribution in [1.82, 2.24) is 44.8 Å². The normalized spacial score (nSPS) is 20.6. The van der Waals surface area contributed by atoms with E-state index in [1.54, 1.807) is 33.9 Å². The van der Waals surface area contributed by atoms with E-state index in [1.165, 1.54) is 6.20 Å². The Labute approximate surface area is 355 Å². The van der Waals surface area contributed by atoms with Crippen LogP contribution in [0, 0.1) is 11.8 Å². The van der Waals surface area contributed by atoms with Crippen LogP contribution in [0.15, 0.2) is 53.4 Å². The van der Waals surface area contributed by atoms with Crippen molar-refractivity contribution in [1.29, 1.82) is 0 Å². The molecule has 0 spiro atoms. The van der Waals surface area contributed by atoms with Gasteiger partial charge >= 0.3 is 6.03 Å². The van der Waals surface area contributed by atoms with Gasteiger partial charge in [0.15, 0.2) is 5.65 Å². The first-order chi connectivity index (χ1) is 29.5. The first-order valence-corrected chi connectivity index (χ1v) is 21.1. The molecule has 316 valence electrons. The molecule has 1 aromatic carbocycles. The van der Waals surface area contributed by atoms with Crippen molar-refractivity contribution in [2.24, 2.45) is 11.8 Å². The number of aromatic nitrogens is 6. The SMILES string of the molecule is CC(C)c1c(NC(=O)Nc2cnc(-c3noc(CC4CCC(C(=O)N5CCN(c6ccc7c(c6)CN(C6CCC(=O)NC6=O)C7=O)CC5)CC4)n3)c(Cl)c2)cnc2ccnn12. The van der Waals surface area contributed by atoms with Crippen molar-refractivity contribution in [2.75, 3.05) is 41.7 Å². The molecule has 9 rings (SSSR count). The molecule has 0 radical (unpaired) electrons. The molecular formula is C42H45ClN12O6. The molecule has 1 aliphatic carbocycles. The molecule has 1 saturated carbocycles. The van der Waals surface area contributed by atoms with Crippen LogP contribution in [0.3, 0.4) is 0 Å². The summed E-state index contributed by atoms with van der Waals surface area (Å²) in [6.45, 7) is 6.94. The summed E-state index contributed by atoms with van der Waals surface area (Å²) in [7, 11) is 0. The first kappa shape index (κ1) is 40.0. The number of imide groups is 1. The lowest BCUT2D eigenvalue weighted by Gasteiger charge is -2.39. The van der Waals surface area contributed by atoms with Gasteiger partial charge in [0, 0.05) is 68.8 Å². The van der Waals surface area contributed by atoms with Crippen molar-refractivity contribution in [3.05, 3.63) is 76.7 Å². The van der Waals surface area contributed by atoms with Gasteiger partial charge in [0.2, 0.25) is 29.4 Å². The molecule has 1 unspecified atom stereocenters. The van der Waals surface area contributed by atoms with E-state index >= 15 is 0 Å². The molecule has 2 saturated heterocycles. The number of carbonyl (C=O) groups excluding carboxylic acids is 5. The Morgan fingerprint density at radius 1 is 0.967 bits per heavy atom. The van der Waals surface area contributed by atoms with Crippen molar-refractivity contribution < 1.29 is 28.5 Å². The number of nitrogens with zero attached hydrogens (tertiary/aromatic N) is 9. The zero-order valence-corrected chi connectivity index (χ0v) is 34.5. The average Bonchev–Trinajstić information content (AvgIpc) is 4.00. The summed E-state index contributed by atoms with van der Waals surface area (Å²) in [6, 6.07) is 8.00. The van der Waals surface area contributed by atoms with Crippen LogP contribution in [0.2, 0.25) is 5.02 Å². The lowest BCUT2D eigenvalue weighted by Crippen LogP contribution is -2.52. The molecule has 0 bridgehead atoms. The monoisotopic (exact) mass is 848 g/mol. The summed E-state index contributed by atoms with van der Waals surface area (Å²) >= 11 is 6.59. The maximum absolute atomic E-state index is 13.6.